The zero-order valence-corrected chi connectivity index (χ0v) is 11.4. The molecule has 6 heteroatoms. The third kappa shape index (κ3) is 3.21. The molecule has 1 aromatic heterocycles. The summed E-state index contributed by atoms with van der Waals surface area (Å²) in [5.41, 5.74) is 0.0493. The molecule has 2 rings (SSSR count). The maximum Gasteiger partial charge on any atom is 0.262 e. The van der Waals surface area contributed by atoms with Gasteiger partial charge in [-0.2, -0.15) is 4.98 Å². The Morgan fingerprint density at radius 1 is 1.30 bits per heavy atom. The minimum atomic E-state index is -0.433. The number of likely N-dealkylation sites (N-methyl/N-ethyl adjacent to an activating group) is 1. The summed E-state index contributed by atoms with van der Waals surface area (Å²) in [6.07, 6.45) is 0.527. The third-order valence-corrected chi connectivity index (χ3v) is 2.88. The van der Waals surface area contributed by atoms with E-state index in [2.05, 4.69) is 9.97 Å². The van der Waals surface area contributed by atoms with Crippen LogP contribution in [0.25, 0.3) is 11.1 Å². The van der Waals surface area contributed by atoms with E-state index in [4.69, 9.17) is 0 Å². The first-order valence-electron chi connectivity index (χ1n) is 6.20. The molecule has 0 bridgehead atoms. The molecule has 0 saturated carbocycles. The predicted molar refractivity (Wildman–Crippen MR) is 74.2 cm³/mol. The Bertz CT molecular complexity index is 650. The first-order chi connectivity index (χ1) is 9.47. The minimum Gasteiger partial charge on any atom is -0.493 e. The van der Waals surface area contributed by atoms with Gasteiger partial charge in [-0.15, -0.1) is 0 Å². The highest BCUT2D eigenvalue weighted by atomic mass is 19.1. The van der Waals surface area contributed by atoms with Crippen LogP contribution in [0.5, 0.6) is 5.88 Å². The summed E-state index contributed by atoms with van der Waals surface area (Å²) in [5, 5.41) is 9.92. The van der Waals surface area contributed by atoms with Crippen molar-refractivity contribution in [2.24, 2.45) is 0 Å². The van der Waals surface area contributed by atoms with Gasteiger partial charge in [0.2, 0.25) is 5.88 Å². The fourth-order valence-corrected chi connectivity index (χ4v) is 1.83. The van der Waals surface area contributed by atoms with Crippen LogP contribution >= 0.6 is 0 Å². The van der Waals surface area contributed by atoms with Crippen LogP contribution in [0.2, 0.25) is 0 Å². The first-order valence-corrected chi connectivity index (χ1v) is 6.20. The van der Waals surface area contributed by atoms with Gasteiger partial charge in [0.25, 0.3) is 5.56 Å². The van der Waals surface area contributed by atoms with E-state index < -0.39 is 11.4 Å². The largest absolute Gasteiger partial charge is 0.493 e. The van der Waals surface area contributed by atoms with Crippen molar-refractivity contribution in [1.29, 1.82) is 0 Å². The zero-order valence-electron chi connectivity index (χ0n) is 11.4. The maximum absolute atomic E-state index is 12.9. The highest BCUT2D eigenvalue weighted by molar-refractivity contribution is 5.66. The van der Waals surface area contributed by atoms with E-state index in [0.717, 1.165) is 0 Å². The first kappa shape index (κ1) is 14.2. The number of nitrogens with one attached hydrogen (secondary N) is 1. The summed E-state index contributed by atoms with van der Waals surface area (Å²) >= 11 is 0. The molecule has 1 heterocycles. The molecular formula is C14H16FN3O2. The summed E-state index contributed by atoms with van der Waals surface area (Å²) in [6, 6.07) is 5.32. The second kappa shape index (κ2) is 5.83. The van der Waals surface area contributed by atoms with Crippen molar-refractivity contribution >= 4 is 0 Å². The molecule has 0 radical (unpaired) electrons. The number of aromatic amines is 1. The number of aromatic nitrogens is 2. The second-order valence-electron chi connectivity index (χ2n) is 4.77. The molecule has 20 heavy (non-hydrogen) atoms. The van der Waals surface area contributed by atoms with Crippen molar-refractivity contribution in [2.75, 3.05) is 20.6 Å². The number of aromatic hydroxyl groups is 1. The molecule has 0 atom stereocenters. The topological polar surface area (TPSA) is 69.2 Å². The van der Waals surface area contributed by atoms with E-state index in [1.165, 1.54) is 24.3 Å². The van der Waals surface area contributed by atoms with Gasteiger partial charge in [-0.1, -0.05) is 12.1 Å². The normalized spacial score (nSPS) is 11.0. The number of halogens is 1. The number of benzene rings is 1. The minimum absolute atomic E-state index is 0.0543. The van der Waals surface area contributed by atoms with Crippen LogP contribution in [0.4, 0.5) is 4.39 Å². The van der Waals surface area contributed by atoms with Crippen LogP contribution < -0.4 is 5.56 Å². The number of hydrogen-bond donors (Lipinski definition) is 2. The van der Waals surface area contributed by atoms with Crippen LogP contribution in [0.3, 0.4) is 0 Å². The smallest absolute Gasteiger partial charge is 0.262 e. The lowest BCUT2D eigenvalue weighted by Crippen LogP contribution is -2.20. The fourth-order valence-electron chi connectivity index (χ4n) is 1.83. The molecule has 0 amide bonds. The molecule has 0 aliphatic heterocycles. The standard InChI is InChI=1S/C14H16FN3O2/c1-18(2)8-7-11-16-13(19)12(14(20)17-11)9-3-5-10(15)6-4-9/h3-6H,7-8H2,1-2H3,(H2,16,17,19,20). The fraction of sp³-hybridized carbons (Fsp3) is 0.286. The summed E-state index contributed by atoms with van der Waals surface area (Å²) in [7, 11) is 3.82. The summed E-state index contributed by atoms with van der Waals surface area (Å²) < 4.78 is 12.9. The number of hydrogen-bond acceptors (Lipinski definition) is 4. The molecule has 0 saturated heterocycles. The van der Waals surface area contributed by atoms with Crippen LogP contribution in [0, 0.1) is 5.82 Å². The Morgan fingerprint density at radius 3 is 2.50 bits per heavy atom. The Balaban J connectivity index is 2.36. The lowest BCUT2D eigenvalue weighted by atomic mass is 10.1. The van der Waals surface area contributed by atoms with Crippen molar-refractivity contribution in [3.63, 3.8) is 0 Å². The van der Waals surface area contributed by atoms with E-state index in [0.29, 0.717) is 24.4 Å². The van der Waals surface area contributed by atoms with Gasteiger partial charge in [-0.3, -0.25) is 4.79 Å². The van der Waals surface area contributed by atoms with Crippen LogP contribution in [0.1, 0.15) is 5.82 Å². The second-order valence-corrected chi connectivity index (χ2v) is 4.77. The average Bonchev–Trinajstić information content (AvgIpc) is 2.38. The van der Waals surface area contributed by atoms with Gasteiger partial charge in [0, 0.05) is 13.0 Å². The maximum atomic E-state index is 12.9. The Labute approximate surface area is 115 Å². The number of H-pyrrole nitrogens is 1. The van der Waals surface area contributed by atoms with Crippen LogP contribution in [-0.2, 0) is 6.42 Å². The van der Waals surface area contributed by atoms with Gasteiger partial charge in [-0.05, 0) is 31.8 Å². The summed E-state index contributed by atoms with van der Waals surface area (Å²) in [5.74, 6) is -0.318. The highest BCUT2D eigenvalue weighted by Crippen LogP contribution is 2.23. The molecule has 0 fully saturated rings. The SMILES string of the molecule is CN(C)CCc1nc(O)c(-c2ccc(F)cc2)c(=O)[nH]1. The Kier molecular flexibility index (Phi) is 4.14. The van der Waals surface area contributed by atoms with Gasteiger partial charge in [-0.25, -0.2) is 4.39 Å². The van der Waals surface area contributed by atoms with Gasteiger partial charge in [0.1, 0.15) is 17.2 Å². The van der Waals surface area contributed by atoms with Crippen LogP contribution in [-0.4, -0.2) is 40.6 Å². The molecule has 0 spiro atoms. The van der Waals surface area contributed by atoms with Crippen molar-refractivity contribution in [2.45, 2.75) is 6.42 Å². The summed E-state index contributed by atoms with van der Waals surface area (Å²) in [6.45, 7) is 0.707. The van der Waals surface area contributed by atoms with Crippen molar-refractivity contribution in [3.05, 3.63) is 46.3 Å². The van der Waals surface area contributed by atoms with E-state index in [1.54, 1.807) is 0 Å². The van der Waals surface area contributed by atoms with Crippen molar-refractivity contribution < 1.29 is 9.50 Å². The van der Waals surface area contributed by atoms with Gasteiger partial charge >= 0.3 is 0 Å². The van der Waals surface area contributed by atoms with Crippen LogP contribution in [0.15, 0.2) is 29.1 Å². The number of rotatable bonds is 4. The monoisotopic (exact) mass is 277 g/mol. The quantitative estimate of drug-likeness (QED) is 0.886. The molecule has 0 aliphatic rings. The molecule has 2 aromatic rings. The van der Waals surface area contributed by atoms with Crippen molar-refractivity contribution in [1.82, 2.24) is 14.9 Å². The molecule has 0 aliphatic carbocycles. The lowest BCUT2D eigenvalue weighted by molar-refractivity contribution is 0.404. The van der Waals surface area contributed by atoms with E-state index in [1.807, 2.05) is 19.0 Å². The molecule has 106 valence electrons. The molecule has 0 unspecified atom stereocenters. The molecule has 1 aromatic carbocycles. The van der Waals surface area contributed by atoms with Gasteiger partial charge in [0.15, 0.2) is 0 Å². The average molecular weight is 277 g/mol. The highest BCUT2D eigenvalue weighted by Gasteiger charge is 2.13. The van der Waals surface area contributed by atoms with Gasteiger partial charge in [0.05, 0.1) is 0 Å². The van der Waals surface area contributed by atoms with E-state index in [-0.39, 0.29) is 11.4 Å². The molecule has 5 nitrogen and oxygen atoms in total. The van der Waals surface area contributed by atoms with E-state index in [9.17, 15) is 14.3 Å². The third-order valence-electron chi connectivity index (χ3n) is 2.88. The molecular weight excluding hydrogens is 261 g/mol. The Morgan fingerprint density at radius 2 is 1.95 bits per heavy atom. The predicted octanol–water partition coefficient (Wildman–Crippen LogP) is 1.39. The summed E-state index contributed by atoms with van der Waals surface area (Å²) in [4.78, 5) is 20.6. The van der Waals surface area contributed by atoms with E-state index >= 15 is 0 Å². The lowest BCUT2D eigenvalue weighted by Gasteiger charge is -2.10. The number of nitrogens with zero attached hydrogens (tertiary/aromatic N) is 2. The molecule has 2 N–H and O–H groups in total. The zero-order chi connectivity index (χ0) is 14.7. The van der Waals surface area contributed by atoms with Gasteiger partial charge < -0.3 is 15.0 Å². The van der Waals surface area contributed by atoms with Crippen molar-refractivity contribution in [3.8, 4) is 17.0 Å². The Hall–Kier alpha value is -2.21.